The Morgan fingerprint density at radius 1 is 1.16 bits per heavy atom. The summed E-state index contributed by atoms with van der Waals surface area (Å²) in [6.45, 7) is 0.790. The van der Waals surface area contributed by atoms with Gasteiger partial charge in [0.1, 0.15) is 12.1 Å². The predicted octanol–water partition coefficient (Wildman–Crippen LogP) is 1.97. The third kappa shape index (κ3) is 3.30. The Morgan fingerprint density at radius 3 is 2.96 bits per heavy atom. The highest BCUT2D eigenvalue weighted by Gasteiger charge is 2.13. The number of nitrogens with one attached hydrogen (secondary N) is 1. The summed E-state index contributed by atoms with van der Waals surface area (Å²) in [6, 6.07) is 9.23. The number of pyridine rings is 1. The van der Waals surface area contributed by atoms with Crippen molar-refractivity contribution in [2.24, 2.45) is 0 Å². The number of ether oxygens (including phenoxy) is 2. The molecule has 0 fully saturated rings. The lowest BCUT2D eigenvalue weighted by Gasteiger charge is -2.07. The van der Waals surface area contributed by atoms with Crippen LogP contribution in [0.4, 0.5) is 0 Å². The quantitative estimate of drug-likeness (QED) is 0.771. The minimum atomic E-state index is -0.135. The van der Waals surface area contributed by atoms with Crippen LogP contribution in [-0.2, 0) is 6.42 Å². The van der Waals surface area contributed by atoms with Crippen LogP contribution in [0.2, 0.25) is 0 Å². The van der Waals surface area contributed by atoms with Gasteiger partial charge in [-0.2, -0.15) is 0 Å². The molecular formula is C18H16N4O3. The second kappa shape index (κ2) is 6.64. The Bertz CT molecular complexity index is 893. The molecule has 0 bridgehead atoms. The smallest absolute Gasteiger partial charge is 0.251 e. The zero-order valence-corrected chi connectivity index (χ0v) is 13.4. The van der Waals surface area contributed by atoms with E-state index in [9.17, 15) is 4.79 Å². The van der Waals surface area contributed by atoms with Gasteiger partial charge in [0, 0.05) is 30.7 Å². The van der Waals surface area contributed by atoms with Crippen LogP contribution in [0.1, 0.15) is 15.9 Å². The van der Waals surface area contributed by atoms with E-state index in [0.717, 1.165) is 17.1 Å². The van der Waals surface area contributed by atoms with E-state index in [4.69, 9.17) is 9.47 Å². The first-order valence-corrected chi connectivity index (χ1v) is 7.91. The molecule has 4 rings (SSSR count). The van der Waals surface area contributed by atoms with E-state index in [1.165, 1.54) is 0 Å². The Kier molecular flexibility index (Phi) is 4.04. The zero-order chi connectivity index (χ0) is 17.1. The van der Waals surface area contributed by atoms with Crippen molar-refractivity contribution in [3.63, 3.8) is 0 Å². The molecule has 2 aromatic heterocycles. The molecule has 1 aromatic carbocycles. The minimum absolute atomic E-state index is 0.135. The summed E-state index contributed by atoms with van der Waals surface area (Å²) < 4.78 is 12.4. The van der Waals surface area contributed by atoms with E-state index in [-0.39, 0.29) is 12.7 Å². The molecule has 3 aromatic rings. The van der Waals surface area contributed by atoms with Crippen molar-refractivity contribution in [1.82, 2.24) is 19.9 Å². The van der Waals surface area contributed by atoms with Gasteiger partial charge in [0.15, 0.2) is 11.5 Å². The number of aromatic nitrogens is 3. The van der Waals surface area contributed by atoms with E-state index < -0.39 is 0 Å². The fraction of sp³-hybridized carbons (Fsp3) is 0.167. The van der Waals surface area contributed by atoms with E-state index in [1.807, 2.05) is 18.2 Å². The third-order valence-corrected chi connectivity index (χ3v) is 3.91. The fourth-order valence-corrected chi connectivity index (χ4v) is 2.61. The van der Waals surface area contributed by atoms with Gasteiger partial charge in [-0.15, -0.1) is 0 Å². The fourth-order valence-electron chi connectivity index (χ4n) is 2.61. The van der Waals surface area contributed by atoms with Crippen LogP contribution in [0.15, 0.2) is 55.2 Å². The molecule has 0 spiro atoms. The number of fused-ring (bicyclic) bond motifs is 1. The predicted molar refractivity (Wildman–Crippen MR) is 90.0 cm³/mol. The lowest BCUT2D eigenvalue weighted by molar-refractivity contribution is 0.0954. The average Bonchev–Trinajstić information content (AvgIpc) is 3.33. The lowest BCUT2D eigenvalue weighted by Crippen LogP contribution is -2.25. The van der Waals surface area contributed by atoms with E-state index in [1.54, 1.807) is 41.6 Å². The molecule has 1 aliphatic rings. The van der Waals surface area contributed by atoms with Crippen LogP contribution in [0, 0.1) is 0 Å². The van der Waals surface area contributed by atoms with Crippen molar-refractivity contribution in [2.75, 3.05) is 13.3 Å². The molecule has 3 heterocycles. The van der Waals surface area contributed by atoms with Crippen LogP contribution < -0.4 is 14.8 Å². The molecule has 25 heavy (non-hydrogen) atoms. The second-order valence-electron chi connectivity index (χ2n) is 5.57. The van der Waals surface area contributed by atoms with Crippen molar-refractivity contribution < 1.29 is 14.3 Å². The summed E-state index contributed by atoms with van der Waals surface area (Å²) in [5.74, 6) is 2.03. The molecule has 1 amide bonds. The number of imidazole rings is 1. The monoisotopic (exact) mass is 336 g/mol. The van der Waals surface area contributed by atoms with Gasteiger partial charge in [-0.25, -0.2) is 9.97 Å². The van der Waals surface area contributed by atoms with Gasteiger partial charge in [-0.05, 0) is 36.2 Å². The number of benzene rings is 1. The molecule has 0 aliphatic carbocycles. The van der Waals surface area contributed by atoms with E-state index in [2.05, 4.69) is 15.3 Å². The van der Waals surface area contributed by atoms with Crippen LogP contribution >= 0.6 is 0 Å². The van der Waals surface area contributed by atoms with Gasteiger partial charge in [-0.3, -0.25) is 9.36 Å². The van der Waals surface area contributed by atoms with Crippen LogP contribution in [0.5, 0.6) is 11.5 Å². The second-order valence-corrected chi connectivity index (χ2v) is 5.57. The molecule has 0 saturated heterocycles. The standard InChI is InChI=1S/C18H16N4O3/c23-18(14-4-6-20-17(10-14)22-8-7-19-11-22)21-5-3-13-1-2-15-16(9-13)25-12-24-15/h1-2,4,6-11H,3,5,12H2,(H,21,23). The van der Waals surface area contributed by atoms with E-state index in [0.29, 0.717) is 24.3 Å². The normalized spacial score (nSPS) is 12.2. The maximum atomic E-state index is 12.3. The summed E-state index contributed by atoms with van der Waals surface area (Å²) in [6.07, 6.45) is 7.41. The lowest BCUT2D eigenvalue weighted by atomic mass is 10.1. The molecular weight excluding hydrogens is 320 g/mol. The van der Waals surface area contributed by atoms with Crippen molar-refractivity contribution in [2.45, 2.75) is 6.42 Å². The summed E-state index contributed by atoms with van der Waals surface area (Å²) in [7, 11) is 0. The molecule has 0 saturated carbocycles. The molecule has 7 nitrogen and oxygen atoms in total. The Labute approximate surface area is 144 Å². The van der Waals surface area contributed by atoms with Gasteiger partial charge < -0.3 is 14.8 Å². The van der Waals surface area contributed by atoms with Crippen molar-refractivity contribution in [3.05, 3.63) is 66.4 Å². The number of hydrogen-bond acceptors (Lipinski definition) is 5. The average molecular weight is 336 g/mol. The van der Waals surface area contributed by atoms with Crippen molar-refractivity contribution in [3.8, 4) is 17.3 Å². The zero-order valence-electron chi connectivity index (χ0n) is 13.4. The number of amides is 1. The topological polar surface area (TPSA) is 78.3 Å². The first kappa shape index (κ1) is 15.2. The molecule has 1 aliphatic heterocycles. The van der Waals surface area contributed by atoms with Gasteiger partial charge in [0.2, 0.25) is 6.79 Å². The van der Waals surface area contributed by atoms with E-state index >= 15 is 0 Å². The first-order valence-electron chi connectivity index (χ1n) is 7.91. The summed E-state index contributed by atoms with van der Waals surface area (Å²) >= 11 is 0. The van der Waals surface area contributed by atoms with Crippen molar-refractivity contribution >= 4 is 5.91 Å². The Hall–Kier alpha value is -3.35. The number of nitrogens with zero attached hydrogens (tertiary/aromatic N) is 3. The third-order valence-electron chi connectivity index (χ3n) is 3.91. The molecule has 1 N–H and O–H groups in total. The number of hydrogen-bond donors (Lipinski definition) is 1. The number of carbonyl (C=O) groups is 1. The number of carbonyl (C=O) groups excluding carboxylic acids is 1. The van der Waals surface area contributed by atoms with Crippen molar-refractivity contribution in [1.29, 1.82) is 0 Å². The maximum Gasteiger partial charge on any atom is 0.251 e. The Morgan fingerprint density at radius 2 is 2.08 bits per heavy atom. The highest BCUT2D eigenvalue weighted by atomic mass is 16.7. The molecule has 0 unspecified atom stereocenters. The molecule has 126 valence electrons. The van der Waals surface area contributed by atoms with Crippen LogP contribution in [0.25, 0.3) is 5.82 Å². The van der Waals surface area contributed by atoms with Crippen LogP contribution in [0.3, 0.4) is 0 Å². The Balaban J connectivity index is 1.37. The largest absolute Gasteiger partial charge is 0.454 e. The van der Waals surface area contributed by atoms with Gasteiger partial charge >= 0.3 is 0 Å². The summed E-state index contributed by atoms with van der Waals surface area (Å²) in [5, 5.41) is 2.92. The number of rotatable bonds is 5. The van der Waals surface area contributed by atoms with Gasteiger partial charge in [-0.1, -0.05) is 6.07 Å². The minimum Gasteiger partial charge on any atom is -0.454 e. The van der Waals surface area contributed by atoms with Gasteiger partial charge in [0.25, 0.3) is 5.91 Å². The highest BCUT2D eigenvalue weighted by molar-refractivity contribution is 5.94. The summed E-state index contributed by atoms with van der Waals surface area (Å²) in [4.78, 5) is 20.6. The first-order chi connectivity index (χ1) is 12.3. The molecule has 0 atom stereocenters. The van der Waals surface area contributed by atoms with Crippen LogP contribution in [-0.4, -0.2) is 33.8 Å². The molecule has 7 heteroatoms. The molecule has 0 radical (unpaired) electrons. The van der Waals surface area contributed by atoms with Gasteiger partial charge in [0.05, 0.1) is 0 Å². The highest BCUT2D eigenvalue weighted by Crippen LogP contribution is 2.32. The SMILES string of the molecule is O=C(NCCc1ccc2c(c1)OCO2)c1ccnc(-n2ccnc2)c1. The summed E-state index contributed by atoms with van der Waals surface area (Å²) in [5.41, 5.74) is 1.64. The maximum absolute atomic E-state index is 12.3.